The maximum Gasteiger partial charge on any atom is 0.160 e. The molecule has 0 saturated carbocycles. The van der Waals surface area contributed by atoms with Gasteiger partial charge in [-0.15, -0.1) is 0 Å². The predicted molar refractivity (Wildman–Crippen MR) is 204 cm³/mol. The van der Waals surface area contributed by atoms with Gasteiger partial charge >= 0.3 is 0 Å². The summed E-state index contributed by atoms with van der Waals surface area (Å²) in [6.45, 7) is 0. The Balaban J connectivity index is 1.26. The van der Waals surface area contributed by atoms with E-state index >= 15 is 0 Å². The van der Waals surface area contributed by atoms with Crippen molar-refractivity contribution < 1.29 is 8.83 Å². The Bertz CT molecular complexity index is 2820. The van der Waals surface area contributed by atoms with E-state index in [-0.39, 0.29) is 0 Å². The van der Waals surface area contributed by atoms with Gasteiger partial charge in [-0.1, -0.05) is 133 Å². The Labute approximate surface area is 282 Å². The van der Waals surface area contributed by atoms with Gasteiger partial charge in [0.1, 0.15) is 16.7 Å². The number of fused-ring (bicyclic) bond motifs is 7. The Morgan fingerprint density at radius 2 is 1.00 bits per heavy atom. The van der Waals surface area contributed by atoms with Crippen LogP contribution in [0.5, 0.6) is 0 Å². The standard InChI is InChI=1S/C46H29NO2/c1-2-12-31(13-3-1)36-28-29-38-37-17-6-8-21-41(37)49-46(38)45(36)47(40-20-10-15-30-14-4-5-16-34(30)40)33-26-24-32(25-27-33)35-19-11-23-43-44(35)39-18-7-9-22-42(39)48-43/h1-29H. The summed E-state index contributed by atoms with van der Waals surface area (Å²) < 4.78 is 13.0. The fourth-order valence-corrected chi connectivity index (χ4v) is 7.44. The van der Waals surface area contributed by atoms with Crippen molar-refractivity contribution in [2.24, 2.45) is 0 Å². The van der Waals surface area contributed by atoms with Crippen molar-refractivity contribution >= 4 is 71.7 Å². The van der Waals surface area contributed by atoms with Gasteiger partial charge in [0.15, 0.2) is 5.58 Å². The summed E-state index contributed by atoms with van der Waals surface area (Å²) in [6, 6.07) is 62.0. The molecular weight excluding hydrogens is 599 g/mol. The molecule has 0 bridgehead atoms. The maximum absolute atomic E-state index is 6.80. The zero-order valence-electron chi connectivity index (χ0n) is 26.5. The molecule has 0 unspecified atom stereocenters. The van der Waals surface area contributed by atoms with Crippen LogP contribution in [0.3, 0.4) is 0 Å². The van der Waals surface area contributed by atoms with Crippen LogP contribution in [-0.4, -0.2) is 0 Å². The average Bonchev–Trinajstić information content (AvgIpc) is 3.75. The van der Waals surface area contributed by atoms with Crippen molar-refractivity contribution in [1.82, 2.24) is 0 Å². The summed E-state index contributed by atoms with van der Waals surface area (Å²) in [6.07, 6.45) is 0. The fraction of sp³-hybridized carbons (Fsp3) is 0. The lowest BCUT2D eigenvalue weighted by molar-refractivity contribution is 0.668. The predicted octanol–water partition coefficient (Wildman–Crippen LogP) is 13.4. The minimum absolute atomic E-state index is 0.856. The van der Waals surface area contributed by atoms with Crippen molar-refractivity contribution in [3.05, 3.63) is 176 Å². The van der Waals surface area contributed by atoms with Crippen molar-refractivity contribution in [3.8, 4) is 22.3 Å². The second-order valence-electron chi connectivity index (χ2n) is 12.5. The van der Waals surface area contributed by atoms with Crippen LogP contribution in [0.4, 0.5) is 17.1 Å². The van der Waals surface area contributed by atoms with Gasteiger partial charge in [0.2, 0.25) is 0 Å². The van der Waals surface area contributed by atoms with Crippen LogP contribution in [0, 0.1) is 0 Å². The summed E-state index contributed by atoms with van der Waals surface area (Å²) in [7, 11) is 0. The number of para-hydroxylation sites is 2. The van der Waals surface area contributed by atoms with Gasteiger partial charge in [-0.05, 0) is 64.5 Å². The molecule has 0 amide bonds. The highest BCUT2D eigenvalue weighted by atomic mass is 16.3. The molecule has 0 saturated heterocycles. The van der Waals surface area contributed by atoms with Crippen LogP contribution in [-0.2, 0) is 0 Å². The molecule has 0 aliphatic rings. The van der Waals surface area contributed by atoms with E-state index in [9.17, 15) is 0 Å². The second kappa shape index (κ2) is 11.0. The van der Waals surface area contributed by atoms with E-state index < -0.39 is 0 Å². The largest absolute Gasteiger partial charge is 0.456 e. The molecule has 2 heterocycles. The Kier molecular flexibility index (Phi) is 6.18. The lowest BCUT2D eigenvalue weighted by Gasteiger charge is -2.29. The van der Waals surface area contributed by atoms with Crippen LogP contribution in [0.1, 0.15) is 0 Å². The van der Waals surface area contributed by atoms with E-state index in [0.29, 0.717) is 0 Å². The lowest BCUT2D eigenvalue weighted by atomic mass is 9.97. The van der Waals surface area contributed by atoms with E-state index in [1.54, 1.807) is 0 Å². The third kappa shape index (κ3) is 4.37. The smallest absolute Gasteiger partial charge is 0.160 e. The number of hydrogen-bond acceptors (Lipinski definition) is 3. The Hall–Kier alpha value is -6.58. The van der Waals surface area contributed by atoms with Gasteiger partial charge in [0.25, 0.3) is 0 Å². The number of anilines is 3. The Morgan fingerprint density at radius 1 is 0.367 bits per heavy atom. The van der Waals surface area contributed by atoms with Gasteiger partial charge in [-0.2, -0.15) is 0 Å². The van der Waals surface area contributed by atoms with Crippen molar-refractivity contribution in [2.75, 3.05) is 4.90 Å². The minimum Gasteiger partial charge on any atom is -0.456 e. The molecule has 0 N–H and O–H groups in total. The van der Waals surface area contributed by atoms with E-state index in [2.05, 4.69) is 163 Å². The molecular formula is C46H29NO2. The number of nitrogens with zero attached hydrogens (tertiary/aromatic N) is 1. The van der Waals surface area contributed by atoms with Gasteiger partial charge in [0.05, 0.1) is 11.4 Å². The van der Waals surface area contributed by atoms with E-state index in [0.717, 1.165) is 88.6 Å². The molecule has 0 fully saturated rings. The minimum atomic E-state index is 0.856. The quantitative estimate of drug-likeness (QED) is 0.190. The van der Waals surface area contributed by atoms with Crippen molar-refractivity contribution in [3.63, 3.8) is 0 Å². The molecule has 2 aromatic heterocycles. The molecule has 3 nitrogen and oxygen atoms in total. The summed E-state index contributed by atoms with van der Waals surface area (Å²) >= 11 is 0. The first-order valence-electron chi connectivity index (χ1n) is 16.6. The Morgan fingerprint density at radius 3 is 1.84 bits per heavy atom. The molecule has 0 spiro atoms. The van der Waals surface area contributed by atoms with E-state index in [1.807, 2.05) is 18.2 Å². The molecule has 0 aliphatic heterocycles. The van der Waals surface area contributed by atoms with Crippen LogP contribution >= 0.6 is 0 Å². The number of rotatable bonds is 5. The van der Waals surface area contributed by atoms with Crippen LogP contribution < -0.4 is 4.90 Å². The topological polar surface area (TPSA) is 29.5 Å². The third-order valence-electron chi connectivity index (χ3n) is 9.68. The molecule has 0 radical (unpaired) electrons. The van der Waals surface area contributed by atoms with Crippen LogP contribution in [0.15, 0.2) is 185 Å². The zero-order chi connectivity index (χ0) is 32.3. The normalized spacial score (nSPS) is 11.7. The summed E-state index contributed by atoms with van der Waals surface area (Å²) in [5, 5.41) is 6.79. The van der Waals surface area contributed by atoms with Crippen molar-refractivity contribution in [2.45, 2.75) is 0 Å². The number of hydrogen-bond donors (Lipinski definition) is 0. The highest BCUT2D eigenvalue weighted by molar-refractivity contribution is 6.15. The van der Waals surface area contributed by atoms with E-state index in [1.165, 1.54) is 5.39 Å². The summed E-state index contributed by atoms with van der Waals surface area (Å²) in [4.78, 5) is 2.38. The maximum atomic E-state index is 6.80. The molecule has 8 aromatic carbocycles. The first kappa shape index (κ1) is 27.5. The zero-order valence-corrected chi connectivity index (χ0v) is 26.5. The molecule has 49 heavy (non-hydrogen) atoms. The third-order valence-corrected chi connectivity index (χ3v) is 9.68. The molecule has 10 rings (SSSR count). The molecule has 10 aromatic rings. The first-order valence-corrected chi connectivity index (χ1v) is 16.6. The number of benzene rings is 8. The summed E-state index contributed by atoms with van der Waals surface area (Å²) in [5.74, 6) is 0. The van der Waals surface area contributed by atoms with E-state index in [4.69, 9.17) is 8.83 Å². The molecule has 0 aliphatic carbocycles. The first-order chi connectivity index (χ1) is 24.3. The monoisotopic (exact) mass is 627 g/mol. The average molecular weight is 628 g/mol. The van der Waals surface area contributed by atoms with Crippen LogP contribution in [0.2, 0.25) is 0 Å². The van der Waals surface area contributed by atoms with Crippen molar-refractivity contribution in [1.29, 1.82) is 0 Å². The van der Waals surface area contributed by atoms with Crippen LogP contribution in [0.25, 0.3) is 76.9 Å². The molecule has 230 valence electrons. The molecule has 3 heteroatoms. The molecule has 0 atom stereocenters. The van der Waals surface area contributed by atoms with Gasteiger partial charge in [-0.25, -0.2) is 0 Å². The fourth-order valence-electron chi connectivity index (χ4n) is 7.44. The lowest BCUT2D eigenvalue weighted by Crippen LogP contribution is -2.12. The second-order valence-corrected chi connectivity index (χ2v) is 12.5. The number of furan rings is 2. The highest BCUT2D eigenvalue weighted by Crippen LogP contribution is 2.49. The highest BCUT2D eigenvalue weighted by Gasteiger charge is 2.25. The SMILES string of the molecule is c1ccc(-c2ccc3c(oc4ccccc43)c2N(c2ccc(-c3cccc4oc5ccccc5c34)cc2)c2cccc3ccccc23)cc1. The van der Waals surface area contributed by atoms with Gasteiger partial charge in [0, 0.05) is 38.2 Å². The summed E-state index contributed by atoms with van der Waals surface area (Å²) in [5.41, 5.74) is 11.1. The van der Waals surface area contributed by atoms with Gasteiger partial charge < -0.3 is 13.7 Å². The van der Waals surface area contributed by atoms with Gasteiger partial charge in [-0.3, -0.25) is 0 Å².